The number of carbonyl (C=O) groups is 3. The Morgan fingerprint density at radius 1 is 1.03 bits per heavy atom. The normalized spacial score (nSPS) is 13.2. The molecule has 1 aromatic carbocycles. The molecule has 192 valence electrons. The second kappa shape index (κ2) is 13.4. The number of ether oxygens (including phenoxy) is 1. The molecule has 2 N–H and O–H groups in total. The van der Waals surface area contributed by atoms with Crippen molar-refractivity contribution in [3.8, 4) is 0 Å². The number of unbranched alkanes of at least 4 members (excludes halogenated alkanes) is 1. The minimum Gasteiger partial charge on any atom is -0.444 e. The van der Waals surface area contributed by atoms with Crippen molar-refractivity contribution in [2.45, 2.75) is 99.3 Å². The van der Waals surface area contributed by atoms with E-state index in [4.69, 9.17) is 4.74 Å². The SMILES string of the molecule is CCCCNC(=O)C(c1ccc(C)c(C)c1)N(CCC)C(=O)C(NC(=O)OC(C)(C)C)C(C)C. The maximum absolute atomic E-state index is 13.9. The molecule has 0 spiro atoms. The number of hydrogen-bond donors (Lipinski definition) is 2. The van der Waals surface area contributed by atoms with Gasteiger partial charge in [-0.1, -0.05) is 52.3 Å². The largest absolute Gasteiger partial charge is 0.444 e. The van der Waals surface area contributed by atoms with Gasteiger partial charge in [0.05, 0.1) is 0 Å². The molecule has 0 heterocycles. The molecule has 0 radical (unpaired) electrons. The lowest BCUT2D eigenvalue weighted by Gasteiger charge is -2.35. The van der Waals surface area contributed by atoms with Crippen LogP contribution in [0.15, 0.2) is 18.2 Å². The number of alkyl carbamates (subject to hydrolysis) is 1. The van der Waals surface area contributed by atoms with Gasteiger partial charge >= 0.3 is 6.09 Å². The molecule has 0 saturated carbocycles. The first-order chi connectivity index (χ1) is 15.8. The highest BCUT2D eigenvalue weighted by Gasteiger charge is 2.37. The minimum atomic E-state index is -0.820. The molecule has 0 fully saturated rings. The van der Waals surface area contributed by atoms with E-state index in [0.717, 1.165) is 29.5 Å². The number of carbonyl (C=O) groups excluding carboxylic acids is 3. The van der Waals surface area contributed by atoms with Gasteiger partial charge in [0.25, 0.3) is 0 Å². The zero-order valence-electron chi connectivity index (χ0n) is 22.6. The highest BCUT2D eigenvalue weighted by Crippen LogP contribution is 2.26. The van der Waals surface area contributed by atoms with Crippen LogP contribution in [-0.2, 0) is 14.3 Å². The van der Waals surface area contributed by atoms with Gasteiger partial charge in [-0.2, -0.15) is 0 Å². The van der Waals surface area contributed by atoms with Crippen molar-refractivity contribution in [3.63, 3.8) is 0 Å². The predicted molar refractivity (Wildman–Crippen MR) is 137 cm³/mol. The standard InChI is InChI=1S/C27H45N3O4/c1-10-12-15-28-24(31)23(21-14-13-19(5)20(6)17-21)30(16-11-2)25(32)22(18(3)4)29-26(33)34-27(7,8)9/h13-14,17-18,22-23H,10-12,15-16H2,1-9H3,(H,28,31)(H,29,33). The van der Waals surface area contributed by atoms with E-state index in [-0.39, 0.29) is 17.7 Å². The number of aryl methyl sites for hydroxylation is 2. The molecule has 1 rings (SSSR count). The van der Waals surface area contributed by atoms with E-state index in [1.807, 2.05) is 52.8 Å². The summed E-state index contributed by atoms with van der Waals surface area (Å²) >= 11 is 0. The summed E-state index contributed by atoms with van der Waals surface area (Å²) in [5.41, 5.74) is 2.26. The topological polar surface area (TPSA) is 87.7 Å². The van der Waals surface area contributed by atoms with E-state index < -0.39 is 23.8 Å². The molecule has 2 unspecified atom stereocenters. The van der Waals surface area contributed by atoms with Gasteiger partial charge in [0.1, 0.15) is 17.7 Å². The summed E-state index contributed by atoms with van der Waals surface area (Å²) in [7, 11) is 0. The first kappa shape index (κ1) is 29.5. The van der Waals surface area contributed by atoms with Crippen LogP contribution < -0.4 is 10.6 Å². The molecule has 0 aliphatic carbocycles. The van der Waals surface area contributed by atoms with Gasteiger partial charge in [0.15, 0.2) is 0 Å². The third kappa shape index (κ3) is 8.99. The average molecular weight is 476 g/mol. The molecule has 0 aliphatic heterocycles. The highest BCUT2D eigenvalue weighted by molar-refractivity contribution is 5.92. The molecular weight excluding hydrogens is 430 g/mol. The van der Waals surface area contributed by atoms with Gasteiger partial charge < -0.3 is 20.3 Å². The Morgan fingerprint density at radius 3 is 2.18 bits per heavy atom. The maximum Gasteiger partial charge on any atom is 0.408 e. The fourth-order valence-corrected chi connectivity index (χ4v) is 3.63. The first-order valence-electron chi connectivity index (χ1n) is 12.5. The molecule has 1 aromatic rings. The molecule has 7 heteroatoms. The van der Waals surface area contributed by atoms with Crippen LogP contribution in [0.25, 0.3) is 0 Å². The zero-order chi connectivity index (χ0) is 26.1. The Morgan fingerprint density at radius 2 is 1.68 bits per heavy atom. The van der Waals surface area contributed by atoms with Gasteiger partial charge in [0, 0.05) is 13.1 Å². The molecule has 0 aromatic heterocycles. The van der Waals surface area contributed by atoms with Gasteiger partial charge in [-0.3, -0.25) is 9.59 Å². The summed E-state index contributed by atoms with van der Waals surface area (Å²) < 4.78 is 5.40. The fourth-order valence-electron chi connectivity index (χ4n) is 3.63. The molecule has 0 aliphatic rings. The zero-order valence-corrected chi connectivity index (χ0v) is 22.6. The van der Waals surface area contributed by atoms with E-state index >= 15 is 0 Å². The van der Waals surface area contributed by atoms with E-state index in [2.05, 4.69) is 17.6 Å². The average Bonchev–Trinajstić information content (AvgIpc) is 2.72. The Bertz CT molecular complexity index is 830. The second-order valence-corrected chi connectivity index (χ2v) is 10.3. The summed E-state index contributed by atoms with van der Waals surface area (Å²) in [5, 5.41) is 5.75. The van der Waals surface area contributed by atoms with Crippen LogP contribution >= 0.6 is 0 Å². The molecule has 3 amide bonds. The van der Waals surface area contributed by atoms with Crippen LogP contribution in [0.4, 0.5) is 4.79 Å². The maximum atomic E-state index is 13.9. The molecule has 34 heavy (non-hydrogen) atoms. The van der Waals surface area contributed by atoms with E-state index in [1.165, 1.54) is 0 Å². The van der Waals surface area contributed by atoms with Gasteiger partial charge in [0.2, 0.25) is 11.8 Å². The van der Waals surface area contributed by atoms with Crippen LogP contribution in [0.1, 0.15) is 90.5 Å². The predicted octanol–water partition coefficient (Wildman–Crippen LogP) is 5.05. The Labute approximate surface area is 206 Å². The Hall–Kier alpha value is -2.57. The summed E-state index contributed by atoms with van der Waals surface area (Å²) in [6.07, 6.45) is 1.85. The van der Waals surface area contributed by atoms with Crippen molar-refractivity contribution in [2.75, 3.05) is 13.1 Å². The van der Waals surface area contributed by atoms with Gasteiger partial charge in [-0.05, 0) is 70.1 Å². The molecule has 0 saturated heterocycles. The van der Waals surface area contributed by atoms with Crippen molar-refractivity contribution in [1.29, 1.82) is 0 Å². The quantitative estimate of drug-likeness (QED) is 0.439. The molecule has 0 bridgehead atoms. The lowest BCUT2D eigenvalue weighted by molar-refractivity contribution is -0.143. The number of rotatable bonds is 11. The van der Waals surface area contributed by atoms with Gasteiger partial charge in [-0.15, -0.1) is 0 Å². The van der Waals surface area contributed by atoms with Crippen molar-refractivity contribution >= 4 is 17.9 Å². The Balaban J connectivity index is 3.40. The first-order valence-corrected chi connectivity index (χ1v) is 12.5. The van der Waals surface area contributed by atoms with E-state index in [0.29, 0.717) is 19.5 Å². The summed E-state index contributed by atoms with van der Waals surface area (Å²) in [6, 6.07) is 4.25. The van der Waals surface area contributed by atoms with Crippen molar-refractivity contribution in [1.82, 2.24) is 15.5 Å². The number of benzene rings is 1. The highest BCUT2D eigenvalue weighted by atomic mass is 16.6. The van der Waals surface area contributed by atoms with Crippen LogP contribution in [-0.4, -0.2) is 47.5 Å². The lowest BCUT2D eigenvalue weighted by Crippen LogP contribution is -2.55. The summed E-state index contributed by atoms with van der Waals surface area (Å²) in [6.45, 7) is 18.1. The second-order valence-electron chi connectivity index (χ2n) is 10.3. The van der Waals surface area contributed by atoms with Crippen LogP contribution in [0.3, 0.4) is 0 Å². The monoisotopic (exact) mass is 475 g/mol. The third-order valence-corrected chi connectivity index (χ3v) is 5.59. The van der Waals surface area contributed by atoms with Gasteiger partial charge in [-0.25, -0.2) is 4.79 Å². The number of nitrogens with zero attached hydrogens (tertiary/aromatic N) is 1. The van der Waals surface area contributed by atoms with Crippen molar-refractivity contribution < 1.29 is 19.1 Å². The molecular formula is C27H45N3O4. The molecule has 7 nitrogen and oxygen atoms in total. The number of hydrogen-bond acceptors (Lipinski definition) is 4. The number of amides is 3. The lowest BCUT2D eigenvalue weighted by atomic mass is 9.96. The smallest absolute Gasteiger partial charge is 0.408 e. The minimum absolute atomic E-state index is 0.192. The van der Waals surface area contributed by atoms with E-state index in [1.54, 1.807) is 25.7 Å². The summed E-state index contributed by atoms with van der Waals surface area (Å²) in [5.74, 6) is -0.696. The molecule has 2 atom stereocenters. The van der Waals surface area contributed by atoms with Crippen LogP contribution in [0.5, 0.6) is 0 Å². The number of nitrogens with one attached hydrogen (secondary N) is 2. The van der Waals surface area contributed by atoms with Crippen LogP contribution in [0.2, 0.25) is 0 Å². The Kier molecular flexibility index (Phi) is 11.6. The summed E-state index contributed by atoms with van der Waals surface area (Å²) in [4.78, 5) is 41.4. The third-order valence-electron chi connectivity index (χ3n) is 5.59. The fraction of sp³-hybridized carbons (Fsp3) is 0.667. The van der Waals surface area contributed by atoms with Crippen molar-refractivity contribution in [2.24, 2.45) is 5.92 Å². The van der Waals surface area contributed by atoms with E-state index in [9.17, 15) is 14.4 Å². The van der Waals surface area contributed by atoms with Crippen molar-refractivity contribution in [3.05, 3.63) is 34.9 Å². The van der Waals surface area contributed by atoms with Crippen LogP contribution in [0, 0.1) is 19.8 Å².